The molecule has 0 N–H and O–H groups in total. The van der Waals surface area contributed by atoms with Gasteiger partial charge in [-0.15, -0.1) is 11.3 Å². The molecule has 11 heteroatoms. The van der Waals surface area contributed by atoms with E-state index < -0.39 is 22.0 Å². The first kappa shape index (κ1) is 21.0. The minimum atomic E-state index is -3.88. The van der Waals surface area contributed by atoms with E-state index in [1.54, 1.807) is 12.3 Å². The highest BCUT2D eigenvalue weighted by Crippen LogP contribution is 2.17. The van der Waals surface area contributed by atoms with Crippen molar-refractivity contribution < 1.29 is 32.3 Å². The van der Waals surface area contributed by atoms with Gasteiger partial charge in [0, 0.05) is 12.4 Å². The van der Waals surface area contributed by atoms with Gasteiger partial charge in [0.05, 0.1) is 29.9 Å². The van der Waals surface area contributed by atoms with Gasteiger partial charge in [0.15, 0.2) is 0 Å². The number of benzene rings is 1. The first-order valence-electron chi connectivity index (χ1n) is 7.71. The molecule has 2 aromatic rings. The molecule has 0 aliphatic heterocycles. The van der Waals surface area contributed by atoms with Crippen molar-refractivity contribution in [3.63, 3.8) is 0 Å². The van der Waals surface area contributed by atoms with Crippen molar-refractivity contribution >= 4 is 33.3 Å². The Morgan fingerprint density at radius 1 is 1.22 bits per heavy atom. The van der Waals surface area contributed by atoms with Gasteiger partial charge in [0.2, 0.25) is 5.01 Å². The van der Waals surface area contributed by atoms with Crippen LogP contribution in [-0.4, -0.2) is 50.6 Å². The Hall–Kier alpha value is -2.34. The van der Waals surface area contributed by atoms with Crippen LogP contribution in [-0.2, 0) is 30.9 Å². The number of rotatable bonds is 8. The topological polar surface area (TPSA) is 112 Å². The first-order valence-corrected chi connectivity index (χ1v) is 10.0. The summed E-state index contributed by atoms with van der Waals surface area (Å²) in [4.78, 5) is 32.4. The van der Waals surface area contributed by atoms with Gasteiger partial charge in [-0.1, -0.05) is 10.5 Å². The number of aromatic nitrogens is 1. The van der Waals surface area contributed by atoms with Crippen LogP contribution in [0.15, 0.2) is 34.5 Å². The van der Waals surface area contributed by atoms with E-state index >= 15 is 0 Å². The number of carbonyl (C=O) groups is 2. The summed E-state index contributed by atoms with van der Waals surface area (Å²) < 4.78 is 35.1. The summed E-state index contributed by atoms with van der Waals surface area (Å²) in [6.07, 6.45) is 0. The maximum Gasteiger partial charge on any atom is 0.367 e. The monoisotopic (exact) mass is 414 g/mol. The van der Waals surface area contributed by atoms with Gasteiger partial charge in [-0.25, -0.2) is 23.0 Å². The normalized spacial score (nSPS) is 11.4. The Morgan fingerprint density at radius 2 is 1.96 bits per heavy atom. The average Bonchev–Trinajstić information content (AvgIpc) is 3.14. The Labute approximate surface area is 160 Å². The SMILES string of the molecule is CCOC(=O)c1nc(COC(=O)c2cccc(S(=O)(=O)N(C)OC)c2)cs1. The zero-order valence-corrected chi connectivity index (χ0v) is 16.5. The lowest BCUT2D eigenvalue weighted by Gasteiger charge is -2.14. The van der Waals surface area contributed by atoms with Gasteiger partial charge >= 0.3 is 11.9 Å². The van der Waals surface area contributed by atoms with Gasteiger partial charge in [0.1, 0.15) is 6.61 Å². The third kappa shape index (κ3) is 5.10. The smallest absolute Gasteiger partial charge is 0.367 e. The lowest BCUT2D eigenvalue weighted by Crippen LogP contribution is -2.25. The number of hydrogen-bond donors (Lipinski definition) is 0. The number of ether oxygens (including phenoxy) is 2. The first-order chi connectivity index (χ1) is 12.8. The molecule has 146 valence electrons. The number of thiazole rings is 1. The molecule has 0 bridgehead atoms. The van der Waals surface area contributed by atoms with Gasteiger partial charge in [-0.05, 0) is 25.1 Å². The maximum absolute atomic E-state index is 12.2. The van der Waals surface area contributed by atoms with Crippen LogP contribution in [0.5, 0.6) is 0 Å². The number of nitrogens with zero attached hydrogens (tertiary/aromatic N) is 2. The zero-order valence-electron chi connectivity index (χ0n) is 14.9. The van der Waals surface area contributed by atoms with E-state index in [2.05, 4.69) is 4.98 Å². The molecular weight excluding hydrogens is 396 g/mol. The second kappa shape index (κ2) is 9.04. The molecule has 0 aliphatic rings. The molecule has 2 rings (SSSR count). The second-order valence-corrected chi connectivity index (χ2v) is 7.86. The molecule has 0 spiro atoms. The van der Waals surface area contributed by atoms with Gasteiger partial charge < -0.3 is 9.47 Å². The van der Waals surface area contributed by atoms with E-state index in [9.17, 15) is 18.0 Å². The van der Waals surface area contributed by atoms with Crippen LogP contribution in [0.4, 0.5) is 0 Å². The van der Waals surface area contributed by atoms with Crippen molar-refractivity contribution in [2.24, 2.45) is 0 Å². The predicted octanol–water partition coefficient (Wildman–Crippen LogP) is 1.86. The number of esters is 2. The predicted molar refractivity (Wildman–Crippen MR) is 95.6 cm³/mol. The van der Waals surface area contributed by atoms with E-state index in [0.717, 1.165) is 11.3 Å². The summed E-state index contributed by atoms with van der Waals surface area (Å²) in [6.45, 7) is 1.76. The molecule has 0 radical (unpaired) electrons. The highest BCUT2D eigenvalue weighted by molar-refractivity contribution is 7.89. The summed E-state index contributed by atoms with van der Waals surface area (Å²) in [5, 5.41) is 1.74. The van der Waals surface area contributed by atoms with E-state index in [-0.39, 0.29) is 28.7 Å². The third-order valence-corrected chi connectivity index (χ3v) is 5.86. The van der Waals surface area contributed by atoms with Crippen molar-refractivity contribution in [3.05, 3.63) is 45.9 Å². The van der Waals surface area contributed by atoms with Crippen LogP contribution in [0, 0.1) is 0 Å². The van der Waals surface area contributed by atoms with E-state index in [1.165, 1.54) is 38.4 Å². The molecule has 0 unspecified atom stereocenters. The molecule has 27 heavy (non-hydrogen) atoms. The lowest BCUT2D eigenvalue weighted by molar-refractivity contribution is -0.0258. The molecule has 1 aromatic carbocycles. The Balaban J connectivity index is 2.07. The quantitative estimate of drug-likeness (QED) is 0.475. The van der Waals surface area contributed by atoms with E-state index in [4.69, 9.17) is 14.3 Å². The average molecular weight is 414 g/mol. The molecular formula is C16H18N2O7S2. The van der Waals surface area contributed by atoms with Crippen LogP contribution >= 0.6 is 11.3 Å². The third-order valence-electron chi connectivity index (χ3n) is 3.32. The van der Waals surface area contributed by atoms with E-state index in [0.29, 0.717) is 10.2 Å². The molecule has 0 fully saturated rings. The van der Waals surface area contributed by atoms with Crippen molar-refractivity contribution in [2.45, 2.75) is 18.4 Å². The molecule has 1 aromatic heterocycles. The number of sulfonamides is 1. The lowest BCUT2D eigenvalue weighted by atomic mass is 10.2. The number of hydrogen-bond acceptors (Lipinski definition) is 9. The van der Waals surface area contributed by atoms with E-state index in [1.807, 2.05) is 0 Å². The summed E-state index contributed by atoms with van der Waals surface area (Å²) in [5.41, 5.74) is 0.445. The second-order valence-electron chi connectivity index (χ2n) is 5.07. The zero-order chi connectivity index (χ0) is 20.0. The van der Waals surface area contributed by atoms with Crippen molar-refractivity contribution in [2.75, 3.05) is 20.8 Å². The number of hydroxylamine groups is 1. The largest absolute Gasteiger partial charge is 0.461 e. The van der Waals surface area contributed by atoms with Crippen LogP contribution in [0.1, 0.15) is 32.8 Å². The van der Waals surface area contributed by atoms with Crippen LogP contribution < -0.4 is 0 Å². The standard InChI is InChI=1S/C16H18N2O7S2/c1-4-24-16(20)14-17-12(10-26-14)9-25-15(19)11-6-5-7-13(8-11)27(21,22)18(2)23-3/h5-8,10H,4,9H2,1-3H3. The Bertz CT molecular complexity index is 924. The van der Waals surface area contributed by atoms with Crippen molar-refractivity contribution in [1.29, 1.82) is 0 Å². The van der Waals surface area contributed by atoms with Crippen molar-refractivity contribution in [1.82, 2.24) is 9.45 Å². The fraction of sp³-hybridized carbons (Fsp3) is 0.312. The minimum absolute atomic E-state index is 0.0569. The van der Waals surface area contributed by atoms with Gasteiger partial charge in [0.25, 0.3) is 10.0 Å². The summed E-state index contributed by atoms with van der Waals surface area (Å²) in [6, 6.07) is 5.39. The van der Waals surface area contributed by atoms with Gasteiger partial charge in [-0.3, -0.25) is 4.84 Å². The van der Waals surface area contributed by atoms with Gasteiger partial charge in [-0.2, -0.15) is 0 Å². The number of carbonyl (C=O) groups excluding carboxylic acids is 2. The van der Waals surface area contributed by atoms with Crippen molar-refractivity contribution in [3.8, 4) is 0 Å². The Morgan fingerprint density at radius 3 is 2.63 bits per heavy atom. The highest BCUT2D eigenvalue weighted by atomic mass is 32.2. The minimum Gasteiger partial charge on any atom is -0.461 e. The summed E-state index contributed by atoms with van der Waals surface area (Å²) in [5.74, 6) is -1.27. The maximum atomic E-state index is 12.2. The van der Waals surface area contributed by atoms with Crippen LogP contribution in [0.3, 0.4) is 0 Å². The molecule has 0 saturated carbocycles. The molecule has 0 aliphatic carbocycles. The Kier molecular flexibility index (Phi) is 7.02. The molecule has 1 heterocycles. The molecule has 0 atom stereocenters. The fourth-order valence-electron chi connectivity index (χ4n) is 1.91. The summed E-state index contributed by atoms with van der Waals surface area (Å²) >= 11 is 1.08. The molecule has 0 amide bonds. The van der Waals surface area contributed by atoms with Crippen LogP contribution in [0.2, 0.25) is 0 Å². The summed E-state index contributed by atoms with van der Waals surface area (Å²) in [7, 11) is -1.43. The molecule has 0 saturated heterocycles. The fourth-order valence-corrected chi connectivity index (χ4v) is 3.63. The highest BCUT2D eigenvalue weighted by Gasteiger charge is 2.22. The molecule has 9 nitrogen and oxygen atoms in total. The van der Waals surface area contributed by atoms with Crippen LogP contribution in [0.25, 0.3) is 0 Å².